The summed E-state index contributed by atoms with van der Waals surface area (Å²) in [5, 5.41) is 3.31. The van der Waals surface area contributed by atoms with Crippen molar-refractivity contribution in [2.45, 2.75) is 12.6 Å². The summed E-state index contributed by atoms with van der Waals surface area (Å²) in [7, 11) is 0. The molecule has 0 aromatic carbocycles. The van der Waals surface area contributed by atoms with Crippen molar-refractivity contribution < 1.29 is 4.74 Å². The molecule has 1 N–H and O–H groups in total. The summed E-state index contributed by atoms with van der Waals surface area (Å²) in [6.45, 7) is 5.11. The third kappa shape index (κ3) is 1.81. The second-order valence-electron chi connectivity index (χ2n) is 3.14. The summed E-state index contributed by atoms with van der Waals surface area (Å²) in [6.07, 6.45) is 5.42. The van der Waals surface area contributed by atoms with E-state index in [2.05, 4.69) is 32.8 Å². The molecule has 14 heavy (non-hydrogen) atoms. The number of rotatable bonds is 1. The Morgan fingerprint density at radius 3 is 3.29 bits per heavy atom. The van der Waals surface area contributed by atoms with Gasteiger partial charge in [0.15, 0.2) is 0 Å². The molecule has 0 saturated heterocycles. The number of pyridine rings is 1. The normalized spacial score (nSPS) is 20.5. The largest absolute Gasteiger partial charge is 0.490 e. The van der Waals surface area contributed by atoms with Crippen LogP contribution in [0.1, 0.15) is 5.56 Å². The number of fused-ring (bicyclic) bond motifs is 1. The van der Waals surface area contributed by atoms with E-state index in [1.165, 1.54) is 0 Å². The van der Waals surface area contributed by atoms with E-state index in [0.717, 1.165) is 22.3 Å². The van der Waals surface area contributed by atoms with Gasteiger partial charge in [-0.3, -0.25) is 4.98 Å². The molecule has 0 bridgehead atoms. The minimum absolute atomic E-state index is 0.203. The van der Waals surface area contributed by atoms with Gasteiger partial charge >= 0.3 is 0 Å². The molecule has 1 aromatic heterocycles. The zero-order chi connectivity index (χ0) is 9.97. The average molecular weight is 255 g/mol. The summed E-state index contributed by atoms with van der Waals surface area (Å²) in [5.41, 5.74) is 1.07. The summed E-state index contributed by atoms with van der Waals surface area (Å²) < 4.78 is 6.57. The molecule has 1 aliphatic rings. The Kier molecular flexibility index (Phi) is 2.84. The second-order valence-corrected chi connectivity index (χ2v) is 4.00. The topological polar surface area (TPSA) is 34.1 Å². The van der Waals surface area contributed by atoms with Gasteiger partial charge in [-0.2, -0.15) is 0 Å². The number of ether oxygens (including phenoxy) is 1. The molecule has 3 nitrogen and oxygen atoms in total. The van der Waals surface area contributed by atoms with E-state index in [-0.39, 0.29) is 6.04 Å². The molecule has 0 saturated carbocycles. The van der Waals surface area contributed by atoms with Crippen LogP contribution >= 0.6 is 15.9 Å². The minimum Gasteiger partial charge on any atom is -0.490 e. The van der Waals surface area contributed by atoms with Crippen LogP contribution in [-0.2, 0) is 6.54 Å². The molecule has 0 spiro atoms. The molecular formula is C10H11BrN2O. The highest BCUT2D eigenvalue weighted by Gasteiger charge is 2.16. The maximum atomic E-state index is 5.66. The highest BCUT2D eigenvalue weighted by Crippen LogP contribution is 2.29. The van der Waals surface area contributed by atoms with Crippen molar-refractivity contribution in [1.29, 1.82) is 0 Å². The van der Waals surface area contributed by atoms with Crippen LogP contribution in [0.15, 0.2) is 29.5 Å². The minimum atomic E-state index is 0.203. The third-order valence-electron chi connectivity index (χ3n) is 2.17. The molecule has 1 aliphatic heterocycles. The van der Waals surface area contributed by atoms with Crippen LogP contribution in [0.3, 0.4) is 0 Å². The first kappa shape index (κ1) is 9.68. The van der Waals surface area contributed by atoms with Crippen LogP contribution in [0.25, 0.3) is 0 Å². The van der Waals surface area contributed by atoms with Gasteiger partial charge in [0.1, 0.15) is 12.4 Å². The number of nitrogens with zero attached hydrogens (tertiary/aromatic N) is 1. The molecule has 0 fully saturated rings. The van der Waals surface area contributed by atoms with Crippen molar-refractivity contribution in [2.75, 3.05) is 6.61 Å². The lowest BCUT2D eigenvalue weighted by Gasteiger charge is -2.09. The maximum absolute atomic E-state index is 5.66. The van der Waals surface area contributed by atoms with Crippen LogP contribution in [0.4, 0.5) is 0 Å². The van der Waals surface area contributed by atoms with Crippen LogP contribution in [0.2, 0.25) is 0 Å². The van der Waals surface area contributed by atoms with Gasteiger partial charge in [0.2, 0.25) is 0 Å². The molecule has 0 amide bonds. The highest BCUT2D eigenvalue weighted by atomic mass is 79.9. The Labute approximate surface area is 91.3 Å². The van der Waals surface area contributed by atoms with E-state index in [1.807, 2.05) is 12.3 Å². The Morgan fingerprint density at radius 2 is 2.50 bits per heavy atom. The van der Waals surface area contributed by atoms with Crippen molar-refractivity contribution in [3.63, 3.8) is 0 Å². The van der Waals surface area contributed by atoms with Crippen molar-refractivity contribution in [2.24, 2.45) is 0 Å². The molecule has 74 valence electrons. The molecular weight excluding hydrogens is 244 g/mol. The fourth-order valence-corrected chi connectivity index (χ4v) is 1.86. The highest BCUT2D eigenvalue weighted by molar-refractivity contribution is 9.10. The average Bonchev–Trinajstić information content (AvgIpc) is 2.41. The third-order valence-corrected chi connectivity index (χ3v) is 2.74. The van der Waals surface area contributed by atoms with E-state index in [9.17, 15) is 0 Å². The second kappa shape index (κ2) is 4.11. The zero-order valence-corrected chi connectivity index (χ0v) is 9.25. The van der Waals surface area contributed by atoms with Crippen LogP contribution in [-0.4, -0.2) is 17.6 Å². The predicted molar refractivity (Wildman–Crippen MR) is 58.3 cm³/mol. The van der Waals surface area contributed by atoms with Gasteiger partial charge in [-0.1, -0.05) is 6.08 Å². The lowest BCUT2D eigenvalue weighted by molar-refractivity contribution is 0.298. The van der Waals surface area contributed by atoms with Crippen LogP contribution < -0.4 is 10.1 Å². The first-order chi connectivity index (χ1) is 6.81. The number of halogens is 1. The van der Waals surface area contributed by atoms with Gasteiger partial charge < -0.3 is 10.1 Å². The predicted octanol–water partition coefficient (Wildman–Crippen LogP) is 1.88. The first-order valence-electron chi connectivity index (χ1n) is 4.42. The molecule has 4 heteroatoms. The van der Waals surface area contributed by atoms with Crippen molar-refractivity contribution in [3.8, 4) is 5.75 Å². The first-order valence-corrected chi connectivity index (χ1v) is 5.21. The monoisotopic (exact) mass is 254 g/mol. The summed E-state index contributed by atoms with van der Waals surface area (Å²) in [5.74, 6) is 0.886. The Balaban J connectivity index is 2.29. The Bertz CT molecular complexity index is 354. The van der Waals surface area contributed by atoms with Crippen molar-refractivity contribution >= 4 is 15.9 Å². The summed E-state index contributed by atoms with van der Waals surface area (Å²) in [6, 6.07) is 0.203. The molecule has 2 heterocycles. The van der Waals surface area contributed by atoms with E-state index in [1.54, 1.807) is 6.20 Å². The number of hydrogen-bond donors (Lipinski definition) is 1. The number of nitrogens with one attached hydrogen (secondary N) is 1. The maximum Gasteiger partial charge on any atom is 0.141 e. The van der Waals surface area contributed by atoms with E-state index in [4.69, 9.17) is 4.74 Å². The summed E-state index contributed by atoms with van der Waals surface area (Å²) >= 11 is 3.42. The Morgan fingerprint density at radius 1 is 1.64 bits per heavy atom. The summed E-state index contributed by atoms with van der Waals surface area (Å²) in [4.78, 5) is 4.10. The SMILES string of the molecule is C=C[C@H]1COc2c(Br)cncc2CN1. The number of hydrogen-bond acceptors (Lipinski definition) is 3. The van der Waals surface area contributed by atoms with E-state index in [0.29, 0.717) is 6.61 Å². The molecule has 2 rings (SSSR count). The van der Waals surface area contributed by atoms with Crippen molar-refractivity contribution in [3.05, 3.63) is 35.1 Å². The van der Waals surface area contributed by atoms with E-state index < -0.39 is 0 Å². The van der Waals surface area contributed by atoms with Gasteiger partial charge in [0, 0.05) is 24.5 Å². The fourth-order valence-electron chi connectivity index (χ4n) is 1.38. The zero-order valence-electron chi connectivity index (χ0n) is 7.66. The molecule has 0 aliphatic carbocycles. The smallest absolute Gasteiger partial charge is 0.141 e. The van der Waals surface area contributed by atoms with Crippen LogP contribution in [0.5, 0.6) is 5.75 Å². The number of aromatic nitrogens is 1. The van der Waals surface area contributed by atoms with Gasteiger partial charge in [-0.05, 0) is 15.9 Å². The van der Waals surface area contributed by atoms with Gasteiger partial charge in [0.25, 0.3) is 0 Å². The lowest BCUT2D eigenvalue weighted by Crippen LogP contribution is -2.29. The Hall–Kier alpha value is -0.870. The standard InChI is InChI=1S/C10H11BrN2O/c1-2-8-6-14-10-7(4-13-8)3-12-5-9(10)11/h2-3,5,8,13H,1,4,6H2/t8-/m0/s1. The molecule has 1 aromatic rings. The fraction of sp³-hybridized carbons (Fsp3) is 0.300. The van der Waals surface area contributed by atoms with Gasteiger partial charge in [-0.15, -0.1) is 6.58 Å². The molecule has 0 unspecified atom stereocenters. The van der Waals surface area contributed by atoms with Gasteiger partial charge in [-0.25, -0.2) is 0 Å². The van der Waals surface area contributed by atoms with E-state index >= 15 is 0 Å². The van der Waals surface area contributed by atoms with Crippen molar-refractivity contribution in [1.82, 2.24) is 10.3 Å². The molecule has 0 radical (unpaired) electrons. The lowest BCUT2D eigenvalue weighted by atomic mass is 10.2. The van der Waals surface area contributed by atoms with Gasteiger partial charge in [0.05, 0.1) is 10.5 Å². The van der Waals surface area contributed by atoms with Crippen LogP contribution in [0, 0.1) is 0 Å². The molecule has 1 atom stereocenters. The quantitative estimate of drug-likeness (QED) is 0.778.